The average molecular weight is 269 g/mol. The maximum atomic E-state index is 12.4. The Hall–Kier alpha value is -1.97. The number of hydrogen-bond acceptors (Lipinski definition) is 3. The smallest absolute Gasteiger partial charge is 0.160 e. The first-order valence-electron chi connectivity index (χ1n) is 6.62. The van der Waals surface area contributed by atoms with Gasteiger partial charge in [0, 0.05) is 6.42 Å². The van der Waals surface area contributed by atoms with Crippen molar-refractivity contribution in [3.05, 3.63) is 71.3 Å². The summed E-state index contributed by atoms with van der Waals surface area (Å²) in [5.74, 6) is 0.0851. The van der Waals surface area contributed by atoms with Gasteiger partial charge in [0.2, 0.25) is 0 Å². The first-order chi connectivity index (χ1) is 9.70. The second kappa shape index (κ2) is 6.98. The summed E-state index contributed by atoms with van der Waals surface area (Å²) in [4.78, 5) is 17.4. The number of rotatable bonds is 6. The highest BCUT2D eigenvalue weighted by molar-refractivity contribution is 5.87. The molecule has 0 amide bonds. The maximum Gasteiger partial charge on any atom is 0.160 e. The molecular weight excluding hydrogens is 250 g/mol. The van der Waals surface area contributed by atoms with Gasteiger partial charge in [0.05, 0.1) is 7.11 Å². The molecule has 2 aromatic carbocycles. The Labute approximate surface area is 119 Å². The molecule has 20 heavy (non-hydrogen) atoms. The predicted molar refractivity (Wildman–Crippen MR) is 79.2 cm³/mol. The van der Waals surface area contributed by atoms with Gasteiger partial charge >= 0.3 is 0 Å². The number of Topliss-reactive ketones (excluding diaryl/α,β-unsaturated/α-hetero) is 1. The van der Waals surface area contributed by atoms with Gasteiger partial charge in [-0.1, -0.05) is 60.2 Å². The van der Waals surface area contributed by atoms with Crippen LogP contribution in [0.15, 0.2) is 54.6 Å². The van der Waals surface area contributed by atoms with E-state index in [1.54, 1.807) is 0 Å². The third-order valence-electron chi connectivity index (χ3n) is 3.19. The van der Waals surface area contributed by atoms with Crippen LogP contribution in [-0.2, 0) is 16.1 Å². The van der Waals surface area contributed by atoms with E-state index in [9.17, 15) is 4.79 Å². The van der Waals surface area contributed by atoms with Gasteiger partial charge in [0.15, 0.2) is 5.78 Å². The van der Waals surface area contributed by atoms with Crippen molar-refractivity contribution in [1.82, 2.24) is 5.48 Å². The van der Waals surface area contributed by atoms with E-state index in [1.165, 1.54) is 12.7 Å². The summed E-state index contributed by atoms with van der Waals surface area (Å²) < 4.78 is 0. The molecule has 1 N–H and O–H groups in total. The van der Waals surface area contributed by atoms with Crippen molar-refractivity contribution in [1.29, 1.82) is 0 Å². The highest BCUT2D eigenvalue weighted by atomic mass is 16.6. The first-order valence-corrected chi connectivity index (χ1v) is 6.62. The lowest BCUT2D eigenvalue weighted by Gasteiger charge is -2.17. The highest BCUT2D eigenvalue weighted by Crippen LogP contribution is 2.17. The summed E-state index contributed by atoms with van der Waals surface area (Å²) in [6.07, 6.45) is 0.385. The molecule has 0 radical (unpaired) electrons. The fourth-order valence-electron chi connectivity index (χ4n) is 2.10. The molecule has 104 valence electrons. The van der Waals surface area contributed by atoms with Gasteiger partial charge in [0.25, 0.3) is 0 Å². The van der Waals surface area contributed by atoms with Crippen LogP contribution in [-0.4, -0.2) is 12.9 Å². The molecule has 0 spiro atoms. The van der Waals surface area contributed by atoms with Crippen LogP contribution in [0.1, 0.15) is 22.7 Å². The van der Waals surface area contributed by atoms with Gasteiger partial charge in [-0.25, -0.2) is 0 Å². The Morgan fingerprint density at radius 3 is 2.35 bits per heavy atom. The molecule has 0 bridgehead atoms. The van der Waals surface area contributed by atoms with E-state index >= 15 is 0 Å². The van der Waals surface area contributed by atoms with Crippen LogP contribution in [0, 0.1) is 6.92 Å². The molecule has 0 aliphatic carbocycles. The fraction of sp³-hybridized carbons (Fsp3) is 0.235. The molecule has 2 rings (SSSR count). The van der Waals surface area contributed by atoms with E-state index in [1.807, 2.05) is 61.5 Å². The summed E-state index contributed by atoms with van der Waals surface area (Å²) in [5, 5.41) is 0. The third-order valence-corrected chi connectivity index (χ3v) is 3.19. The largest absolute Gasteiger partial charge is 0.304 e. The minimum Gasteiger partial charge on any atom is -0.304 e. The van der Waals surface area contributed by atoms with Crippen LogP contribution in [0.3, 0.4) is 0 Å². The quantitative estimate of drug-likeness (QED) is 0.819. The Morgan fingerprint density at radius 2 is 1.75 bits per heavy atom. The van der Waals surface area contributed by atoms with Gasteiger partial charge in [-0.05, 0) is 18.1 Å². The van der Waals surface area contributed by atoms with E-state index in [2.05, 4.69) is 5.48 Å². The second-order valence-corrected chi connectivity index (χ2v) is 4.79. The summed E-state index contributed by atoms with van der Waals surface area (Å²) in [5.41, 5.74) is 5.88. The van der Waals surface area contributed by atoms with Crippen molar-refractivity contribution in [2.24, 2.45) is 0 Å². The molecule has 0 saturated heterocycles. The second-order valence-electron chi connectivity index (χ2n) is 4.79. The zero-order valence-electron chi connectivity index (χ0n) is 11.8. The topological polar surface area (TPSA) is 38.3 Å². The normalized spacial score (nSPS) is 12.1. The molecule has 0 saturated carbocycles. The fourth-order valence-corrected chi connectivity index (χ4v) is 2.10. The zero-order chi connectivity index (χ0) is 14.4. The van der Waals surface area contributed by atoms with Gasteiger partial charge in [-0.15, -0.1) is 0 Å². The standard InChI is InChI=1S/C17H19NO2/c1-13-8-10-15(11-9-13)17(18-20-2)16(19)12-14-6-4-3-5-7-14/h3-11,17-18H,12H2,1-2H3. The number of aryl methyl sites for hydroxylation is 1. The highest BCUT2D eigenvalue weighted by Gasteiger charge is 2.20. The number of nitrogens with one attached hydrogen (secondary N) is 1. The molecular formula is C17H19NO2. The van der Waals surface area contributed by atoms with Crippen LogP contribution in [0.2, 0.25) is 0 Å². The number of hydroxylamine groups is 1. The Kier molecular flexibility index (Phi) is 5.04. The number of benzene rings is 2. The Bertz CT molecular complexity index is 549. The minimum atomic E-state index is -0.444. The molecule has 3 heteroatoms. The number of carbonyl (C=O) groups excluding carboxylic acids is 1. The van der Waals surface area contributed by atoms with E-state index in [0.29, 0.717) is 6.42 Å². The van der Waals surface area contributed by atoms with Crippen molar-refractivity contribution < 1.29 is 9.63 Å². The van der Waals surface area contributed by atoms with Crippen molar-refractivity contribution in [3.8, 4) is 0 Å². The van der Waals surface area contributed by atoms with Crippen molar-refractivity contribution in [2.45, 2.75) is 19.4 Å². The average Bonchev–Trinajstić information content (AvgIpc) is 2.47. The van der Waals surface area contributed by atoms with Crippen LogP contribution in [0.5, 0.6) is 0 Å². The lowest BCUT2D eigenvalue weighted by molar-refractivity contribution is -0.124. The molecule has 1 unspecified atom stereocenters. The molecule has 2 aromatic rings. The minimum absolute atomic E-state index is 0.0851. The molecule has 1 atom stereocenters. The van der Waals surface area contributed by atoms with Crippen LogP contribution >= 0.6 is 0 Å². The third kappa shape index (κ3) is 3.76. The molecule has 3 nitrogen and oxygen atoms in total. The van der Waals surface area contributed by atoms with Crippen molar-refractivity contribution >= 4 is 5.78 Å². The van der Waals surface area contributed by atoms with E-state index in [-0.39, 0.29) is 5.78 Å². The molecule has 0 aromatic heterocycles. The SMILES string of the molecule is CONC(C(=O)Cc1ccccc1)c1ccc(C)cc1. The lowest BCUT2D eigenvalue weighted by Crippen LogP contribution is -2.29. The maximum absolute atomic E-state index is 12.4. The monoisotopic (exact) mass is 269 g/mol. The predicted octanol–water partition coefficient (Wildman–Crippen LogP) is 3.00. The van der Waals surface area contributed by atoms with Gasteiger partial charge < -0.3 is 4.84 Å². The lowest BCUT2D eigenvalue weighted by atomic mass is 9.97. The molecule has 0 aliphatic heterocycles. The van der Waals surface area contributed by atoms with E-state index in [0.717, 1.165) is 11.1 Å². The Morgan fingerprint density at radius 1 is 1.10 bits per heavy atom. The van der Waals surface area contributed by atoms with E-state index in [4.69, 9.17) is 4.84 Å². The summed E-state index contributed by atoms with van der Waals surface area (Å²) in [6, 6.07) is 17.2. The molecule has 0 fully saturated rings. The first kappa shape index (κ1) is 14.4. The van der Waals surface area contributed by atoms with Crippen LogP contribution < -0.4 is 5.48 Å². The number of carbonyl (C=O) groups is 1. The molecule has 0 aliphatic rings. The van der Waals surface area contributed by atoms with E-state index < -0.39 is 6.04 Å². The summed E-state index contributed by atoms with van der Waals surface area (Å²) in [7, 11) is 1.52. The van der Waals surface area contributed by atoms with Crippen molar-refractivity contribution in [2.75, 3.05) is 7.11 Å². The van der Waals surface area contributed by atoms with Gasteiger partial charge in [0.1, 0.15) is 6.04 Å². The summed E-state index contributed by atoms with van der Waals surface area (Å²) >= 11 is 0. The summed E-state index contributed by atoms with van der Waals surface area (Å²) in [6.45, 7) is 2.02. The van der Waals surface area contributed by atoms with Crippen LogP contribution in [0.25, 0.3) is 0 Å². The number of hydrogen-bond donors (Lipinski definition) is 1. The van der Waals surface area contributed by atoms with Gasteiger partial charge in [-0.2, -0.15) is 5.48 Å². The van der Waals surface area contributed by atoms with Crippen LogP contribution in [0.4, 0.5) is 0 Å². The zero-order valence-corrected chi connectivity index (χ0v) is 11.8. The molecule has 0 heterocycles. The number of ketones is 1. The Balaban J connectivity index is 2.15. The van der Waals surface area contributed by atoms with Crippen molar-refractivity contribution in [3.63, 3.8) is 0 Å². The van der Waals surface area contributed by atoms with Gasteiger partial charge in [-0.3, -0.25) is 4.79 Å².